The molecule has 0 unspecified atom stereocenters. The number of hydrogen-bond donors (Lipinski definition) is 1. The molecule has 0 saturated heterocycles. The topological polar surface area (TPSA) is 63.6 Å². The molecule has 0 bridgehead atoms. The minimum absolute atomic E-state index is 0.122. The zero-order chi connectivity index (χ0) is 15.3. The maximum Gasteiger partial charge on any atom is 0.307 e. The average molecular weight is 278 g/mol. The maximum absolute atomic E-state index is 11.8. The first-order valence-electron chi connectivity index (χ1n) is 6.70. The molecule has 0 spiro atoms. The molecule has 1 aromatic rings. The van der Waals surface area contributed by atoms with Crippen molar-refractivity contribution in [3.05, 3.63) is 35.9 Å². The molecule has 0 aliphatic rings. The Morgan fingerprint density at radius 2 is 1.75 bits per heavy atom. The van der Waals surface area contributed by atoms with E-state index in [1.165, 1.54) is 0 Å². The molecule has 20 heavy (non-hydrogen) atoms. The summed E-state index contributed by atoms with van der Waals surface area (Å²) in [7, 11) is 0. The number of carbonyl (C=O) groups is 2. The van der Waals surface area contributed by atoms with Crippen LogP contribution in [0.2, 0.25) is 0 Å². The lowest BCUT2D eigenvalue weighted by atomic mass is 9.85. The summed E-state index contributed by atoms with van der Waals surface area (Å²) in [5.41, 5.74) is 0.305. The molecular formula is C16H22O4. The molecule has 110 valence electrons. The minimum atomic E-state index is -0.979. The van der Waals surface area contributed by atoms with Crippen LogP contribution >= 0.6 is 0 Å². The van der Waals surface area contributed by atoms with Gasteiger partial charge in [0, 0.05) is 0 Å². The van der Waals surface area contributed by atoms with Crippen molar-refractivity contribution in [3.63, 3.8) is 0 Å². The SMILES string of the molecule is C[C@H](c1ccccc1)[C@@H](CC(=O)OC(C)(C)C)C(=O)O. The number of carbonyl (C=O) groups excluding carboxylic acids is 1. The molecule has 4 nitrogen and oxygen atoms in total. The van der Waals surface area contributed by atoms with Crippen LogP contribution in [0.25, 0.3) is 0 Å². The second kappa shape index (κ2) is 6.55. The van der Waals surface area contributed by atoms with Crippen molar-refractivity contribution in [3.8, 4) is 0 Å². The Labute approximate surface area is 119 Å². The second-order valence-corrected chi connectivity index (χ2v) is 5.93. The molecule has 1 N–H and O–H groups in total. The van der Waals surface area contributed by atoms with Gasteiger partial charge in [0.2, 0.25) is 0 Å². The van der Waals surface area contributed by atoms with Crippen molar-refractivity contribution >= 4 is 11.9 Å². The van der Waals surface area contributed by atoms with Crippen molar-refractivity contribution < 1.29 is 19.4 Å². The summed E-state index contributed by atoms with van der Waals surface area (Å²) in [6, 6.07) is 9.34. The Morgan fingerprint density at radius 1 is 1.20 bits per heavy atom. The number of ether oxygens (including phenoxy) is 1. The normalized spacial score (nSPS) is 14.4. The first-order chi connectivity index (χ1) is 9.20. The number of aliphatic carboxylic acids is 1. The van der Waals surface area contributed by atoms with Crippen molar-refractivity contribution in [2.75, 3.05) is 0 Å². The van der Waals surface area contributed by atoms with Crippen molar-refractivity contribution in [2.45, 2.75) is 45.6 Å². The van der Waals surface area contributed by atoms with E-state index in [2.05, 4.69) is 0 Å². The summed E-state index contributed by atoms with van der Waals surface area (Å²) in [5.74, 6) is -2.49. The monoisotopic (exact) mass is 278 g/mol. The van der Waals surface area contributed by atoms with E-state index in [1.807, 2.05) is 37.3 Å². The molecular weight excluding hydrogens is 256 g/mol. The predicted octanol–water partition coefficient (Wildman–Crippen LogP) is 3.22. The summed E-state index contributed by atoms with van der Waals surface area (Å²) in [6.07, 6.45) is -0.122. The van der Waals surface area contributed by atoms with Gasteiger partial charge in [-0.2, -0.15) is 0 Å². The van der Waals surface area contributed by atoms with Crippen LogP contribution in [0.3, 0.4) is 0 Å². The molecule has 0 aliphatic carbocycles. The van der Waals surface area contributed by atoms with E-state index in [4.69, 9.17) is 4.74 Å². The highest BCUT2D eigenvalue weighted by Crippen LogP contribution is 2.28. The van der Waals surface area contributed by atoms with E-state index < -0.39 is 23.5 Å². The minimum Gasteiger partial charge on any atom is -0.481 e. The van der Waals surface area contributed by atoms with Gasteiger partial charge in [-0.25, -0.2) is 0 Å². The molecule has 0 radical (unpaired) electrons. The largest absolute Gasteiger partial charge is 0.481 e. The van der Waals surface area contributed by atoms with E-state index in [0.29, 0.717) is 0 Å². The van der Waals surface area contributed by atoms with Gasteiger partial charge in [0.05, 0.1) is 12.3 Å². The van der Waals surface area contributed by atoms with Gasteiger partial charge in [-0.1, -0.05) is 37.3 Å². The summed E-state index contributed by atoms with van der Waals surface area (Å²) in [5, 5.41) is 9.34. The first-order valence-corrected chi connectivity index (χ1v) is 6.70. The van der Waals surface area contributed by atoms with E-state index in [9.17, 15) is 14.7 Å². The van der Waals surface area contributed by atoms with Crippen LogP contribution < -0.4 is 0 Å². The van der Waals surface area contributed by atoms with Gasteiger partial charge < -0.3 is 9.84 Å². The summed E-state index contributed by atoms with van der Waals surface area (Å²) in [4.78, 5) is 23.2. The van der Waals surface area contributed by atoms with Gasteiger partial charge in [-0.3, -0.25) is 9.59 Å². The van der Waals surface area contributed by atoms with Crippen LogP contribution in [0.4, 0.5) is 0 Å². The third-order valence-corrected chi connectivity index (χ3v) is 3.05. The fourth-order valence-corrected chi connectivity index (χ4v) is 2.03. The summed E-state index contributed by atoms with van der Waals surface area (Å²) in [6.45, 7) is 7.11. The third-order valence-electron chi connectivity index (χ3n) is 3.05. The van der Waals surface area contributed by atoms with Crippen LogP contribution in [0.15, 0.2) is 30.3 Å². The first kappa shape index (κ1) is 16.2. The molecule has 0 heterocycles. The van der Waals surface area contributed by atoms with Crippen LogP contribution in [0, 0.1) is 5.92 Å². The van der Waals surface area contributed by atoms with E-state index in [-0.39, 0.29) is 12.3 Å². The number of hydrogen-bond acceptors (Lipinski definition) is 3. The highest BCUT2D eigenvalue weighted by atomic mass is 16.6. The van der Waals surface area contributed by atoms with Gasteiger partial charge in [-0.15, -0.1) is 0 Å². The van der Waals surface area contributed by atoms with Gasteiger partial charge in [0.25, 0.3) is 0 Å². The highest BCUT2D eigenvalue weighted by Gasteiger charge is 2.30. The lowest BCUT2D eigenvalue weighted by molar-refractivity contribution is -0.160. The van der Waals surface area contributed by atoms with Crippen molar-refractivity contribution in [2.24, 2.45) is 5.92 Å². The quantitative estimate of drug-likeness (QED) is 0.840. The molecule has 1 aromatic carbocycles. The molecule has 0 amide bonds. The highest BCUT2D eigenvalue weighted by molar-refractivity contribution is 5.79. The van der Waals surface area contributed by atoms with E-state index in [1.54, 1.807) is 20.8 Å². The summed E-state index contributed by atoms with van der Waals surface area (Å²) < 4.78 is 5.20. The number of carboxylic acid groups (broad SMARTS) is 1. The Kier molecular flexibility index (Phi) is 5.31. The molecule has 1 rings (SSSR count). The third kappa shape index (κ3) is 5.03. The van der Waals surface area contributed by atoms with Crippen LogP contribution in [0.5, 0.6) is 0 Å². The summed E-state index contributed by atoms with van der Waals surface area (Å²) >= 11 is 0. The number of esters is 1. The molecule has 0 fully saturated rings. The predicted molar refractivity (Wildman–Crippen MR) is 76.4 cm³/mol. The second-order valence-electron chi connectivity index (χ2n) is 5.93. The fourth-order valence-electron chi connectivity index (χ4n) is 2.03. The van der Waals surface area contributed by atoms with Gasteiger partial charge in [0.1, 0.15) is 5.60 Å². The van der Waals surface area contributed by atoms with Crippen LogP contribution in [-0.4, -0.2) is 22.6 Å². The lowest BCUT2D eigenvalue weighted by Gasteiger charge is -2.23. The molecule has 0 saturated carbocycles. The smallest absolute Gasteiger partial charge is 0.307 e. The van der Waals surface area contributed by atoms with Gasteiger partial charge >= 0.3 is 11.9 Å². The van der Waals surface area contributed by atoms with Gasteiger partial charge in [-0.05, 0) is 32.3 Å². The lowest BCUT2D eigenvalue weighted by Crippen LogP contribution is -2.29. The van der Waals surface area contributed by atoms with Crippen LogP contribution in [-0.2, 0) is 14.3 Å². The number of carboxylic acids is 1. The molecule has 2 atom stereocenters. The zero-order valence-corrected chi connectivity index (χ0v) is 12.4. The molecule has 4 heteroatoms. The Balaban J connectivity index is 2.80. The van der Waals surface area contributed by atoms with E-state index >= 15 is 0 Å². The average Bonchev–Trinajstić information content (AvgIpc) is 2.34. The van der Waals surface area contributed by atoms with Crippen molar-refractivity contribution in [1.82, 2.24) is 0 Å². The van der Waals surface area contributed by atoms with Gasteiger partial charge in [0.15, 0.2) is 0 Å². The number of rotatable bonds is 5. The molecule has 0 aliphatic heterocycles. The fraction of sp³-hybridized carbons (Fsp3) is 0.500. The van der Waals surface area contributed by atoms with Crippen LogP contribution in [0.1, 0.15) is 45.6 Å². The zero-order valence-electron chi connectivity index (χ0n) is 12.4. The standard InChI is InChI=1S/C16H22O4/c1-11(12-8-6-5-7-9-12)13(15(18)19)10-14(17)20-16(2,3)4/h5-9,11,13H,10H2,1-4H3,(H,18,19)/t11-,13-/m1/s1. The Hall–Kier alpha value is -1.84. The maximum atomic E-state index is 11.8. The Morgan fingerprint density at radius 3 is 2.20 bits per heavy atom. The van der Waals surface area contributed by atoms with E-state index in [0.717, 1.165) is 5.56 Å². The molecule has 0 aromatic heterocycles. The Bertz CT molecular complexity index is 459. The van der Waals surface area contributed by atoms with Crippen molar-refractivity contribution in [1.29, 1.82) is 0 Å². The number of benzene rings is 1.